The predicted molar refractivity (Wildman–Crippen MR) is 64.4 cm³/mol. The fourth-order valence-corrected chi connectivity index (χ4v) is 2.55. The summed E-state index contributed by atoms with van der Waals surface area (Å²) < 4.78 is 0. The minimum atomic E-state index is -0.150. The van der Waals surface area contributed by atoms with Crippen LogP contribution in [0.1, 0.15) is 14.7 Å². The van der Waals surface area contributed by atoms with E-state index in [0.29, 0.717) is 16.7 Å². The zero-order valence-electron chi connectivity index (χ0n) is 8.58. The number of rotatable bonds is 3. The molecule has 0 radical (unpaired) electrons. The smallest absolute Gasteiger partial charge is 0.284 e. The van der Waals surface area contributed by atoms with E-state index in [9.17, 15) is 4.79 Å². The number of carbonyl (C=O) groups excluding carboxylic acids is 1. The molecule has 84 valence electrons. The van der Waals surface area contributed by atoms with Crippen molar-refractivity contribution in [3.05, 3.63) is 27.4 Å². The van der Waals surface area contributed by atoms with Gasteiger partial charge < -0.3 is 10.6 Å². The molecule has 0 aromatic carbocycles. The summed E-state index contributed by atoms with van der Waals surface area (Å²) in [6, 6.07) is 3.95. The van der Waals surface area contributed by atoms with Gasteiger partial charge in [-0.1, -0.05) is 17.4 Å². The highest BCUT2D eigenvalue weighted by Gasteiger charge is 2.16. The van der Waals surface area contributed by atoms with Crippen LogP contribution in [0.15, 0.2) is 17.5 Å². The third-order valence-corrected chi connectivity index (χ3v) is 3.54. The zero-order chi connectivity index (χ0) is 11.5. The van der Waals surface area contributed by atoms with Crippen molar-refractivity contribution in [1.82, 2.24) is 15.1 Å². The molecule has 0 bridgehead atoms. The van der Waals surface area contributed by atoms with E-state index in [1.54, 1.807) is 23.3 Å². The Bertz CT molecular complexity index is 479. The Morgan fingerprint density at radius 1 is 1.56 bits per heavy atom. The second-order valence-corrected chi connectivity index (χ2v) is 5.23. The highest BCUT2D eigenvalue weighted by Crippen LogP contribution is 2.16. The highest BCUT2D eigenvalue weighted by atomic mass is 32.1. The molecule has 5 nitrogen and oxygen atoms in total. The van der Waals surface area contributed by atoms with Crippen LogP contribution in [0, 0.1) is 0 Å². The number of aromatic nitrogens is 2. The topological polar surface area (TPSA) is 72.1 Å². The van der Waals surface area contributed by atoms with E-state index in [-0.39, 0.29) is 5.91 Å². The molecule has 2 rings (SSSR count). The number of nitrogens with two attached hydrogens (primary N) is 1. The van der Waals surface area contributed by atoms with Gasteiger partial charge in [0.15, 0.2) is 0 Å². The van der Waals surface area contributed by atoms with E-state index < -0.39 is 0 Å². The molecule has 0 aliphatic rings. The predicted octanol–water partition coefficient (Wildman–Crippen LogP) is 1.45. The summed E-state index contributed by atoms with van der Waals surface area (Å²) in [6.45, 7) is 0.579. The van der Waals surface area contributed by atoms with Gasteiger partial charge in [-0.05, 0) is 11.4 Å². The van der Waals surface area contributed by atoms with Crippen molar-refractivity contribution in [3.8, 4) is 0 Å². The molecule has 0 saturated heterocycles. The third-order valence-electron chi connectivity index (χ3n) is 1.94. The SMILES string of the molecule is CN(Cc1cccs1)C(=O)c1nnc(N)s1. The number of nitrogens with zero attached hydrogens (tertiary/aromatic N) is 3. The van der Waals surface area contributed by atoms with Crippen molar-refractivity contribution in [3.63, 3.8) is 0 Å². The molecule has 0 spiro atoms. The standard InChI is InChI=1S/C9H10N4OS2/c1-13(5-6-3-2-4-15-6)8(14)7-11-12-9(10)16-7/h2-4H,5H2,1H3,(H2,10,12). The van der Waals surface area contributed by atoms with Gasteiger partial charge in [-0.25, -0.2) is 0 Å². The van der Waals surface area contributed by atoms with Gasteiger partial charge in [0.25, 0.3) is 5.91 Å². The first-order valence-corrected chi connectivity index (χ1v) is 6.23. The second kappa shape index (κ2) is 4.58. The van der Waals surface area contributed by atoms with E-state index in [4.69, 9.17) is 5.73 Å². The van der Waals surface area contributed by atoms with Crippen LogP contribution >= 0.6 is 22.7 Å². The van der Waals surface area contributed by atoms with E-state index >= 15 is 0 Å². The zero-order valence-corrected chi connectivity index (χ0v) is 10.2. The number of carbonyl (C=O) groups is 1. The molecule has 7 heteroatoms. The molecule has 16 heavy (non-hydrogen) atoms. The summed E-state index contributed by atoms with van der Waals surface area (Å²) in [5, 5.41) is 9.97. The quantitative estimate of drug-likeness (QED) is 0.900. The Morgan fingerprint density at radius 3 is 2.94 bits per heavy atom. The van der Waals surface area contributed by atoms with E-state index in [0.717, 1.165) is 16.2 Å². The van der Waals surface area contributed by atoms with Crippen LogP contribution in [-0.4, -0.2) is 28.1 Å². The maximum absolute atomic E-state index is 11.9. The van der Waals surface area contributed by atoms with Gasteiger partial charge in [0.05, 0.1) is 6.54 Å². The van der Waals surface area contributed by atoms with Gasteiger partial charge in [-0.3, -0.25) is 4.79 Å². The molecule has 0 unspecified atom stereocenters. The maximum Gasteiger partial charge on any atom is 0.284 e. The number of amides is 1. The summed E-state index contributed by atoms with van der Waals surface area (Å²) in [6.07, 6.45) is 0. The molecule has 2 heterocycles. The molecule has 0 fully saturated rings. The molecule has 1 amide bonds. The fourth-order valence-electron chi connectivity index (χ4n) is 1.19. The van der Waals surface area contributed by atoms with Gasteiger partial charge in [-0.15, -0.1) is 21.5 Å². The molecule has 2 N–H and O–H groups in total. The lowest BCUT2D eigenvalue weighted by molar-refractivity contribution is 0.0785. The molecular formula is C9H10N4OS2. The minimum Gasteiger partial charge on any atom is -0.374 e. The number of hydrogen-bond acceptors (Lipinski definition) is 6. The second-order valence-electron chi connectivity index (χ2n) is 3.19. The Labute approximate surface area is 101 Å². The lowest BCUT2D eigenvalue weighted by Gasteiger charge is -2.13. The van der Waals surface area contributed by atoms with Crippen LogP contribution in [0.3, 0.4) is 0 Å². The monoisotopic (exact) mass is 254 g/mol. The van der Waals surface area contributed by atoms with Gasteiger partial charge in [-0.2, -0.15) is 0 Å². The fraction of sp³-hybridized carbons (Fsp3) is 0.222. The number of hydrogen-bond donors (Lipinski definition) is 1. The van der Waals surface area contributed by atoms with Crippen molar-refractivity contribution in [1.29, 1.82) is 0 Å². The molecule has 0 saturated carbocycles. The Hall–Kier alpha value is -1.47. The lowest BCUT2D eigenvalue weighted by Crippen LogP contribution is -2.25. The summed E-state index contributed by atoms with van der Waals surface area (Å²) in [5.41, 5.74) is 5.43. The van der Waals surface area contributed by atoms with Crippen LogP contribution in [0.5, 0.6) is 0 Å². The van der Waals surface area contributed by atoms with Crippen molar-refractivity contribution in [2.75, 3.05) is 12.8 Å². The normalized spacial score (nSPS) is 10.3. The van der Waals surface area contributed by atoms with Crippen LogP contribution in [-0.2, 0) is 6.54 Å². The number of thiophene rings is 1. The summed E-state index contributed by atoms with van der Waals surface area (Å²) in [4.78, 5) is 14.6. The molecule has 0 aliphatic carbocycles. The number of nitrogen functional groups attached to an aromatic ring is 1. The van der Waals surface area contributed by atoms with Crippen LogP contribution in [0.4, 0.5) is 5.13 Å². The van der Waals surface area contributed by atoms with Crippen molar-refractivity contribution in [2.45, 2.75) is 6.54 Å². The first-order valence-electron chi connectivity index (χ1n) is 4.53. The maximum atomic E-state index is 11.9. The summed E-state index contributed by atoms with van der Waals surface area (Å²) >= 11 is 2.72. The molecule has 2 aromatic rings. The first-order chi connectivity index (χ1) is 7.66. The average Bonchev–Trinajstić information content (AvgIpc) is 2.88. The molecule has 0 atom stereocenters. The molecule has 2 aromatic heterocycles. The first kappa shape index (κ1) is 11.0. The van der Waals surface area contributed by atoms with Crippen molar-refractivity contribution >= 4 is 33.7 Å². The van der Waals surface area contributed by atoms with Gasteiger partial charge in [0.1, 0.15) is 0 Å². The van der Waals surface area contributed by atoms with Crippen LogP contribution < -0.4 is 5.73 Å². The van der Waals surface area contributed by atoms with Gasteiger partial charge in [0, 0.05) is 11.9 Å². The van der Waals surface area contributed by atoms with Crippen LogP contribution in [0.2, 0.25) is 0 Å². The van der Waals surface area contributed by atoms with Crippen LogP contribution in [0.25, 0.3) is 0 Å². The average molecular weight is 254 g/mol. The largest absolute Gasteiger partial charge is 0.374 e. The molecule has 0 aliphatic heterocycles. The van der Waals surface area contributed by atoms with Gasteiger partial charge in [0.2, 0.25) is 10.1 Å². The van der Waals surface area contributed by atoms with Crippen molar-refractivity contribution < 1.29 is 4.79 Å². The molecular weight excluding hydrogens is 244 g/mol. The minimum absolute atomic E-state index is 0.150. The Kier molecular flexibility index (Phi) is 3.16. The summed E-state index contributed by atoms with van der Waals surface area (Å²) in [5.74, 6) is -0.150. The lowest BCUT2D eigenvalue weighted by atomic mass is 10.4. The third kappa shape index (κ3) is 2.37. The Morgan fingerprint density at radius 2 is 2.38 bits per heavy atom. The van der Waals surface area contributed by atoms with E-state index in [2.05, 4.69) is 10.2 Å². The highest BCUT2D eigenvalue weighted by molar-refractivity contribution is 7.16. The van der Waals surface area contributed by atoms with E-state index in [1.807, 2.05) is 17.5 Å². The Balaban J connectivity index is 2.05. The van der Waals surface area contributed by atoms with Crippen molar-refractivity contribution in [2.24, 2.45) is 0 Å². The number of anilines is 1. The summed E-state index contributed by atoms with van der Waals surface area (Å²) in [7, 11) is 1.74. The van der Waals surface area contributed by atoms with Gasteiger partial charge >= 0.3 is 0 Å². The van der Waals surface area contributed by atoms with E-state index in [1.165, 1.54) is 0 Å².